The van der Waals surface area contributed by atoms with Gasteiger partial charge in [-0.05, 0) is 61.9 Å². The zero-order valence-corrected chi connectivity index (χ0v) is 16.0. The van der Waals surface area contributed by atoms with Crippen LogP contribution in [-0.2, 0) is 4.79 Å². The van der Waals surface area contributed by atoms with Crippen LogP contribution in [0.1, 0.15) is 13.3 Å². The molecular weight excluding hydrogens is 368 g/mol. The van der Waals surface area contributed by atoms with E-state index in [4.69, 9.17) is 4.74 Å². The fourth-order valence-electron chi connectivity index (χ4n) is 3.59. The standard InChI is InChI=1S/C22H22N4O3/c1-15-18(22(27)28)11-14-26(15)19-5-4-13-24-21(19)29-17-9-7-16(8-10-17)25-20-6-2-3-12-23-20/h2-10,12-13,15,18H,11,14H2,1H3,(H,23,25)(H,27,28). The van der Waals surface area contributed by atoms with Crippen LogP contribution in [0.4, 0.5) is 17.2 Å². The van der Waals surface area contributed by atoms with Gasteiger partial charge in [-0.2, -0.15) is 0 Å². The van der Waals surface area contributed by atoms with Crippen LogP contribution in [0.3, 0.4) is 0 Å². The molecule has 7 nitrogen and oxygen atoms in total. The smallest absolute Gasteiger partial charge is 0.308 e. The summed E-state index contributed by atoms with van der Waals surface area (Å²) in [6, 6.07) is 16.8. The number of anilines is 3. The highest BCUT2D eigenvalue weighted by molar-refractivity contribution is 5.73. The third-order valence-corrected chi connectivity index (χ3v) is 5.14. The van der Waals surface area contributed by atoms with E-state index in [-0.39, 0.29) is 12.0 Å². The Morgan fingerprint density at radius 1 is 1.10 bits per heavy atom. The number of aromatic nitrogens is 2. The molecule has 1 aliphatic heterocycles. The van der Waals surface area contributed by atoms with E-state index in [9.17, 15) is 9.90 Å². The van der Waals surface area contributed by atoms with Gasteiger partial charge in [-0.3, -0.25) is 4.79 Å². The molecule has 1 aliphatic rings. The first-order valence-corrected chi connectivity index (χ1v) is 9.52. The van der Waals surface area contributed by atoms with E-state index in [1.165, 1.54) is 0 Å². The monoisotopic (exact) mass is 390 g/mol. The average Bonchev–Trinajstić information content (AvgIpc) is 3.12. The fourth-order valence-corrected chi connectivity index (χ4v) is 3.59. The number of benzene rings is 1. The molecule has 0 spiro atoms. The van der Waals surface area contributed by atoms with Crippen molar-refractivity contribution in [2.75, 3.05) is 16.8 Å². The molecule has 0 radical (unpaired) electrons. The molecule has 2 unspecified atom stereocenters. The number of carboxylic acid groups (broad SMARTS) is 1. The maximum absolute atomic E-state index is 11.4. The summed E-state index contributed by atoms with van der Waals surface area (Å²) in [5.41, 5.74) is 1.70. The van der Waals surface area contributed by atoms with Crippen LogP contribution in [0.2, 0.25) is 0 Å². The van der Waals surface area contributed by atoms with Gasteiger partial charge in [-0.1, -0.05) is 6.07 Å². The molecule has 0 aliphatic carbocycles. The number of hydrogen-bond donors (Lipinski definition) is 2. The van der Waals surface area contributed by atoms with Crippen LogP contribution in [0.5, 0.6) is 11.6 Å². The third kappa shape index (κ3) is 4.13. The Balaban J connectivity index is 1.50. The van der Waals surface area contributed by atoms with Gasteiger partial charge in [-0.15, -0.1) is 0 Å². The summed E-state index contributed by atoms with van der Waals surface area (Å²) in [7, 11) is 0. The van der Waals surface area contributed by atoms with E-state index in [1.807, 2.05) is 61.5 Å². The number of aliphatic carboxylic acids is 1. The van der Waals surface area contributed by atoms with Crippen molar-refractivity contribution in [2.45, 2.75) is 19.4 Å². The zero-order valence-electron chi connectivity index (χ0n) is 16.0. The lowest BCUT2D eigenvalue weighted by Crippen LogP contribution is -2.33. The SMILES string of the molecule is CC1C(C(=O)O)CCN1c1cccnc1Oc1ccc(Nc2ccccn2)cc1. The van der Waals surface area contributed by atoms with Crippen LogP contribution >= 0.6 is 0 Å². The second kappa shape index (κ2) is 8.18. The first kappa shape index (κ1) is 18.7. The fraction of sp³-hybridized carbons (Fsp3) is 0.227. The number of ether oxygens (including phenoxy) is 1. The van der Waals surface area contributed by atoms with Crippen LogP contribution in [0.25, 0.3) is 0 Å². The summed E-state index contributed by atoms with van der Waals surface area (Å²) >= 11 is 0. The van der Waals surface area contributed by atoms with Crippen molar-refractivity contribution in [1.82, 2.24) is 9.97 Å². The minimum atomic E-state index is -0.762. The maximum atomic E-state index is 11.4. The summed E-state index contributed by atoms with van der Waals surface area (Å²) < 4.78 is 6.03. The maximum Gasteiger partial charge on any atom is 0.308 e. The topological polar surface area (TPSA) is 87.6 Å². The van der Waals surface area contributed by atoms with Gasteiger partial charge in [0, 0.05) is 30.7 Å². The molecule has 7 heteroatoms. The average molecular weight is 390 g/mol. The van der Waals surface area contributed by atoms with Crippen LogP contribution in [0, 0.1) is 5.92 Å². The molecule has 3 heterocycles. The number of hydrogen-bond acceptors (Lipinski definition) is 6. The molecule has 29 heavy (non-hydrogen) atoms. The van der Waals surface area contributed by atoms with Gasteiger partial charge < -0.3 is 20.1 Å². The predicted octanol–water partition coefficient (Wildman–Crippen LogP) is 4.31. The van der Waals surface area contributed by atoms with Gasteiger partial charge in [0.05, 0.1) is 5.92 Å². The molecule has 1 saturated heterocycles. The van der Waals surface area contributed by atoms with Crippen molar-refractivity contribution < 1.29 is 14.6 Å². The molecule has 0 amide bonds. The van der Waals surface area contributed by atoms with Crippen molar-refractivity contribution in [1.29, 1.82) is 0 Å². The summed E-state index contributed by atoms with van der Waals surface area (Å²) in [5, 5.41) is 12.6. The second-order valence-electron chi connectivity index (χ2n) is 6.96. The lowest BCUT2D eigenvalue weighted by atomic mass is 10.0. The minimum absolute atomic E-state index is 0.121. The highest BCUT2D eigenvalue weighted by atomic mass is 16.5. The molecule has 2 atom stereocenters. The summed E-state index contributed by atoms with van der Waals surface area (Å²) in [6.07, 6.45) is 4.01. The number of rotatable bonds is 6. The Hall–Kier alpha value is -3.61. The van der Waals surface area contributed by atoms with Gasteiger partial charge in [0.25, 0.3) is 0 Å². The zero-order chi connectivity index (χ0) is 20.2. The van der Waals surface area contributed by atoms with E-state index >= 15 is 0 Å². The number of pyridine rings is 2. The van der Waals surface area contributed by atoms with Gasteiger partial charge in [0.15, 0.2) is 0 Å². The number of carboxylic acids is 1. The number of nitrogens with one attached hydrogen (secondary N) is 1. The molecule has 0 bridgehead atoms. The van der Waals surface area contributed by atoms with Gasteiger partial charge >= 0.3 is 5.97 Å². The largest absolute Gasteiger partial charge is 0.481 e. The Kier molecular flexibility index (Phi) is 5.29. The molecule has 2 N–H and O–H groups in total. The molecule has 2 aromatic heterocycles. The Bertz CT molecular complexity index is 979. The van der Waals surface area contributed by atoms with Crippen LogP contribution in [0.15, 0.2) is 67.0 Å². The molecule has 3 aromatic rings. The van der Waals surface area contributed by atoms with Gasteiger partial charge in [0.1, 0.15) is 17.3 Å². The Labute approximate surface area is 169 Å². The lowest BCUT2D eigenvalue weighted by molar-refractivity contribution is -0.141. The Morgan fingerprint density at radius 2 is 1.90 bits per heavy atom. The van der Waals surface area contributed by atoms with Crippen molar-refractivity contribution in [2.24, 2.45) is 5.92 Å². The summed E-state index contributed by atoms with van der Waals surface area (Å²) in [6.45, 7) is 2.59. The summed E-state index contributed by atoms with van der Waals surface area (Å²) in [4.78, 5) is 22.1. The third-order valence-electron chi connectivity index (χ3n) is 5.14. The normalized spacial score (nSPS) is 18.4. The first-order valence-electron chi connectivity index (χ1n) is 9.52. The summed E-state index contributed by atoms with van der Waals surface area (Å²) in [5.74, 6) is 0.737. The first-order chi connectivity index (χ1) is 14.1. The van der Waals surface area contributed by atoms with Gasteiger partial charge in [0.2, 0.25) is 5.88 Å². The quantitative estimate of drug-likeness (QED) is 0.648. The molecule has 1 aromatic carbocycles. The van der Waals surface area contributed by atoms with Crippen LogP contribution in [-0.4, -0.2) is 33.6 Å². The van der Waals surface area contributed by atoms with Gasteiger partial charge in [-0.25, -0.2) is 9.97 Å². The number of carbonyl (C=O) groups is 1. The minimum Gasteiger partial charge on any atom is -0.481 e. The molecule has 4 rings (SSSR count). The molecule has 0 saturated carbocycles. The van der Waals surface area contributed by atoms with Crippen molar-refractivity contribution in [3.8, 4) is 11.6 Å². The Morgan fingerprint density at radius 3 is 2.59 bits per heavy atom. The van der Waals surface area contributed by atoms with Crippen molar-refractivity contribution >= 4 is 23.2 Å². The molecule has 1 fully saturated rings. The second-order valence-corrected chi connectivity index (χ2v) is 6.96. The van der Waals surface area contributed by atoms with E-state index < -0.39 is 5.97 Å². The predicted molar refractivity (Wildman–Crippen MR) is 111 cm³/mol. The van der Waals surface area contributed by atoms with E-state index in [0.717, 1.165) is 17.2 Å². The highest BCUT2D eigenvalue weighted by Gasteiger charge is 2.37. The van der Waals surface area contributed by atoms with E-state index in [0.29, 0.717) is 24.6 Å². The van der Waals surface area contributed by atoms with E-state index in [2.05, 4.69) is 20.2 Å². The van der Waals surface area contributed by atoms with Crippen molar-refractivity contribution in [3.05, 3.63) is 67.0 Å². The molecule has 148 valence electrons. The lowest BCUT2D eigenvalue weighted by Gasteiger charge is -2.26. The number of nitrogens with zero attached hydrogens (tertiary/aromatic N) is 3. The van der Waals surface area contributed by atoms with Crippen molar-refractivity contribution in [3.63, 3.8) is 0 Å². The van der Waals surface area contributed by atoms with Crippen LogP contribution < -0.4 is 15.0 Å². The molecular formula is C22H22N4O3. The highest BCUT2D eigenvalue weighted by Crippen LogP contribution is 2.36. The van der Waals surface area contributed by atoms with E-state index in [1.54, 1.807) is 12.4 Å².